The van der Waals surface area contributed by atoms with E-state index in [0.29, 0.717) is 30.9 Å². The first-order chi connectivity index (χ1) is 27.5. The minimum Gasteiger partial charge on any atom is -0.429 e. The van der Waals surface area contributed by atoms with Gasteiger partial charge in [0.25, 0.3) is 0 Å². The Morgan fingerprint density at radius 3 is 2.10 bits per heavy atom. The molecule has 324 valence electrons. The van der Waals surface area contributed by atoms with E-state index >= 15 is 22.0 Å². The summed E-state index contributed by atoms with van der Waals surface area (Å²) in [6, 6.07) is 4.31. The van der Waals surface area contributed by atoms with Crippen LogP contribution in [0.25, 0.3) is 5.69 Å². The maximum Gasteiger partial charge on any atom is 0.432 e. The molecule has 2 atom stereocenters. The number of ether oxygens (including phenoxy) is 5. The van der Waals surface area contributed by atoms with Crippen molar-refractivity contribution in [3.05, 3.63) is 111 Å². The van der Waals surface area contributed by atoms with Gasteiger partial charge in [-0.1, -0.05) is 51.7 Å². The highest BCUT2D eigenvalue weighted by molar-refractivity contribution is 8.45. The summed E-state index contributed by atoms with van der Waals surface area (Å²) in [7, 11) is -10.3. The van der Waals surface area contributed by atoms with Crippen LogP contribution in [0.1, 0.15) is 86.0 Å². The predicted octanol–water partition coefficient (Wildman–Crippen LogP) is 10.8. The zero-order valence-electron chi connectivity index (χ0n) is 31.1. The summed E-state index contributed by atoms with van der Waals surface area (Å²) in [5, 5.41) is 0. The lowest BCUT2D eigenvalue weighted by molar-refractivity contribution is -0.230. The van der Waals surface area contributed by atoms with Crippen molar-refractivity contribution >= 4 is 16.0 Å². The normalized spacial score (nSPS) is 21.5. The van der Waals surface area contributed by atoms with Crippen molar-refractivity contribution in [1.82, 2.24) is 9.55 Å². The van der Waals surface area contributed by atoms with E-state index in [1.54, 1.807) is 0 Å². The van der Waals surface area contributed by atoms with Crippen LogP contribution in [0.5, 0.6) is 5.75 Å². The molecule has 2 aliphatic rings. The van der Waals surface area contributed by atoms with E-state index in [-0.39, 0.29) is 60.7 Å². The van der Waals surface area contributed by atoms with Crippen LogP contribution in [-0.2, 0) is 25.1 Å². The third kappa shape index (κ3) is 10.3. The van der Waals surface area contributed by atoms with Gasteiger partial charge in [0.2, 0.25) is 0 Å². The second-order valence-electron chi connectivity index (χ2n) is 14.1. The highest BCUT2D eigenvalue weighted by Crippen LogP contribution is 3.02. The summed E-state index contributed by atoms with van der Waals surface area (Å²) in [6.45, 7) is 2.10. The monoisotopic (exact) mass is 873 g/mol. The maximum absolute atomic E-state index is 16.1. The molecule has 0 aliphatic carbocycles. The lowest BCUT2D eigenvalue weighted by atomic mass is 9.88. The fourth-order valence-electron chi connectivity index (χ4n) is 6.87. The lowest BCUT2D eigenvalue weighted by Gasteiger charge is -2.40. The largest absolute Gasteiger partial charge is 0.432 e. The van der Waals surface area contributed by atoms with Crippen LogP contribution < -0.4 is 16.2 Å². The molecule has 2 aliphatic heterocycles. The Labute approximate surface area is 329 Å². The van der Waals surface area contributed by atoms with E-state index < -0.39 is 98.2 Å². The second-order valence-corrected chi connectivity index (χ2v) is 16.5. The SMILES string of the molecule is CCCCCCOC1COC(c2cc(F)c(C(F)(F)Oc3cc(F)c(C4CCC(c5ccc(S(F)(F)(F)(F)F)c(F)c5)OC4)c(-n4ccc(N)nc4=O)c3)c(F)c2)OC1. The van der Waals surface area contributed by atoms with Gasteiger partial charge in [-0.25, -0.2) is 22.4 Å². The van der Waals surface area contributed by atoms with Gasteiger partial charge >= 0.3 is 22.0 Å². The molecule has 2 N–H and O–H groups in total. The molecular formula is C38H38F11N3O6S. The molecule has 2 fully saturated rings. The number of hydrogen-bond acceptors (Lipinski definition) is 8. The number of aromatic nitrogens is 2. The van der Waals surface area contributed by atoms with Crippen molar-refractivity contribution in [2.75, 3.05) is 32.2 Å². The summed E-state index contributed by atoms with van der Waals surface area (Å²) in [4.78, 5) is 13.8. The third-order valence-electron chi connectivity index (χ3n) is 9.69. The molecule has 0 saturated carbocycles. The number of nitrogens with zero attached hydrogens (tertiary/aromatic N) is 2. The quantitative estimate of drug-likeness (QED) is 0.0986. The Morgan fingerprint density at radius 1 is 0.831 bits per heavy atom. The average Bonchev–Trinajstić information content (AvgIpc) is 3.13. The lowest BCUT2D eigenvalue weighted by Crippen LogP contribution is -2.34. The van der Waals surface area contributed by atoms with Crippen molar-refractivity contribution in [1.29, 1.82) is 0 Å². The highest BCUT2D eigenvalue weighted by atomic mass is 32.5. The molecule has 0 amide bonds. The van der Waals surface area contributed by atoms with Crippen molar-refractivity contribution in [3.63, 3.8) is 0 Å². The van der Waals surface area contributed by atoms with Crippen LogP contribution in [0.15, 0.2) is 64.4 Å². The van der Waals surface area contributed by atoms with Crippen molar-refractivity contribution in [3.8, 4) is 11.4 Å². The first kappa shape index (κ1) is 44.1. The van der Waals surface area contributed by atoms with E-state index in [1.165, 1.54) is 0 Å². The summed E-state index contributed by atoms with van der Waals surface area (Å²) in [5.74, 6) is -9.25. The van der Waals surface area contributed by atoms with E-state index in [1.807, 2.05) is 0 Å². The minimum atomic E-state index is -10.3. The van der Waals surface area contributed by atoms with Gasteiger partial charge in [-0.05, 0) is 55.2 Å². The molecule has 1 aromatic heterocycles. The summed E-state index contributed by atoms with van der Waals surface area (Å²) in [5.41, 5.74) is 1.41. The van der Waals surface area contributed by atoms with Crippen molar-refractivity contribution in [2.24, 2.45) is 0 Å². The van der Waals surface area contributed by atoms with Gasteiger partial charge in [-0.3, -0.25) is 4.57 Å². The average molecular weight is 874 g/mol. The summed E-state index contributed by atoms with van der Waals surface area (Å²) < 4.78 is 186. The zero-order valence-corrected chi connectivity index (χ0v) is 31.9. The fraction of sp³-hybridized carbons (Fsp3) is 0.421. The van der Waals surface area contributed by atoms with E-state index in [9.17, 15) is 28.6 Å². The Bertz CT molecular complexity index is 2210. The van der Waals surface area contributed by atoms with Gasteiger partial charge in [-0.15, -0.1) is 0 Å². The van der Waals surface area contributed by atoms with Gasteiger partial charge in [-0.2, -0.15) is 13.8 Å². The topological polar surface area (TPSA) is 107 Å². The molecule has 9 nitrogen and oxygen atoms in total. The van der Waals surface area contributed by atoms with Crippen LogP contribution in [-0.4, -0.2) is 42.1 Å². The smallest absolute Gasteiger partial charge is 0.429 e. The van der Waals surface area contributed by atoms with Gasteiger partial charge in [0.1, 0.15) is 51.4 Å². The summed E-state index contributed by atoms with van der Waals surface area (Å²) >= 11 is 0. The molecule has 4 aromatic rings. The van der Waals surface area contributed by atoms with E-state index in [0.717, 1.165) is 48.6 Å². The molecule has 0 spiro atoms. The van der Waals surface area contributed by atoms with E-state index in [4.69, 9.17) is 29.4 Å². The Kier molecular flexibility index (Phi) is 12.1. The highest BCUT2D eigenvalue weighted by Gasteiger charge is 2.67. The maximum atomic E-state index is 16.1. The molecule has 6 rings (SSSR count). The number of unbranched alkanes of at least 4 members (excludes halogenated alkanes) is 3. The van der Waals surface area contributed by atoms with Crippen molar-refractivity contribution < 1.29 is 69.5 Å². The molecule has 21 heteroatoms. The molecule has 59 heavy (non-hydrogen) atoms. The van der Waals surface area contributed by atoms with E-state index in [2.05, 4.69) is 11.9 Å². The molecule has 3 heterocycles. The number of anilines is 1. The number of rotatable bonds is 14. The van der Waals surface area contributed by atoms with Crippen LogP contribution in [0.4, 0.5) is 51.6 Å². The van der Waals surface area contributed by atoms with Crippen LogP contribution in [0.2, 0.25) is 0 Å². The predicted molar refractivity (Wildman–Crippen MR) is 192 cm³/mol. The fourth-order valence-corrected chi connectivity index (χ4v) is 7.63. The standard InChI is InChI=1S/C38H38F11N3O6S/c1-2-3-4-5-12-54-25-19-56-36(57-20-25)23-14-28(41)35(29(42)15-23)38(43,44)58-24-16-27(40)34(30(17-24)52-11-10-33(50)51-37(52)53)22-6-8-31(55-18-22)21-7-9-32(26(39)13-21)59(45,46,47,48)49/h7,9-11,13-17,22,25,31,36H,2-6,8,12,18-20H2,1H3,(H2,50,51,53). The summed E-state index contributed by atoms with van der Waals surface area (Å²) in [6.07, 6.45) is -2.93. The Hall–Kier alpha value is -4.44. The van der Waals surface area contributed by atoms with Crippen LogP contribution >= 0.6 is 10.2 Å². The minimum absolute atomic E-state index is 0.0104. The van der Waals surface area contributed by atoms with Crippen LogP contribution in [0, 0.1) is 23.3 Å². The Balaban J connectivity index is 1.22. The van der Waals surface area contributed by atoms with Gasteiger partial charge < -0.3 is 29.4 Å². The number of alkyl halides is 2. The number of nitrogen functional groups attached to an aromatic ring is 1. The first-order valence-corrected chi connectivity index (χ1v) is 20.2. The number of nitrogens with two attached hydrogens (primary N) is 1. The molecule has 0 radical (unpaired) electrons. The zero-order chi connectivity index (χ0) is 43.0. The van der Waals surface area contributed by atoms with Gasteiger partial charge in [0.15, 0.2) is 6.29 Å². The molecular weight excluding hydrogens is 835 g/mol. The number of hydrogen-bond donors (Lipinski definition) is 1. The molecule has 3 aromatic carbocycles. The molecule has 2 saturated heterocycles. The first-order valence-electron chi connectivity index (χ1n) is 18.3. The number of halogens is 11. The molecule has 2 unspecified atom stereocenters. The third-order valence-corrected chi connectivity index (χ3v) is 10.8. The molecule has 0 bridgehead atoms. The second kappa shape index (κ2) is 16.2. The number of benzene rings is 3. The van der Waals surface area contributed by atoms with Crippen LogP contribution in [0.3, 0.4) is 0 Å². The Morgan fingerprint density at radius 2 is 1.51 bits per heavy atom. The van der Waals surface area contributed by atoms with Gasteiger partial charge in [0.05, 0.1) is 31.6 Å². The van der Waals surface area contributed by atoms with Gasteiger partial charge in [0, 0.05) is 42.0 Å². The van der Waals surface area contributed by atoms with Crippen molar-refractivity contribution in [2.45, 2.75) is 80.9 Å².